The van der Waals surface area contributed by atoms with Gasteiger partial charge in [0.2, 0.25) is 5.95 Å². The van der Waals surface area contributed by atoms with Crippen molar-refractivity contribution in [3.05, 3.63) is 23.8 Å². The molecule has 0 atom stereocenters. The molecule has 17 heavy (non-hydrogen) atoms. The third kappa shape index (κ3) is 2.42. The van der Waals surface area contributed by atoms with Crippen molar-refractivity contribution in [2.45, 2.75) is 33.4 Å². The summed E-state index contributed by atoms with van der Waals surface area (Å²) in [5.74, 6) is 0.557. The average Bonchev–Trinajstić information content (AvgIpc) is 2.57. The van der Waals surface area contributed by atoms with E-state index in [1.54, 1.807) is 0 Å². The number of nitrogens with two attached hydrogens (primary N) is 1. The number of nitrogens with zero attached hydrogens (tertiary/aromatic N) is 2. The van der Waals surface area contributed by atoms with Crippen molar-refractivity contribution >= 4 is 17.0 Å². The number of ether oxygens (including phenoxy) is 1. The summed E-state index contributed by atoms with van der Waals surface area (Å²) in [4.78, 5) is 4.40. The fourth-order valence-corrected chi connectivity index (χ4v) is 1.92. The number of aromatic nitrogens is 2. The zero-order valence-electron chi connectivity index (χ0n) is 10.6. The monoisotopic (exact) mass is 233 g/mol. The number of anilines is 1. The summed E-state index contributed by atoms with van der Waals surface area (Å²) in [6.07, 6.45) is 0.243. The highest BCUT2D eigenvalue weighted by Crippen LogP contribution is 2.20. The molecule has 4 nitrogen and oxygen atoms in total. The molecule has 0 aliphatic carbocycles. The van der Waals surface area contributed by atoms with Gasteiger partial charge in [-0.05, 0) is 32.4 Å². The topological polar surface area (TPSA) is 53.1 Å². The Hall–Kier alpha value is -1.55. The smallest absolute Gasteiger partial charge is 0.201 e. The van der Waals surface area contributed by atoms with Gasteiger partial charge in [-0.1, -0.05) is 12.1 Å². The maximum atomic E-state index is 5.94. The van der Waals surface area contributed by atoms with E-state index in [4.69, 9.17) is 10.5 Å². The highest BCUT2D eigenvalue weighted by Gasteiger charge is 2.09. The van der Waals surface area contributed by atoms with Crippen LogP contribution in [0.4, 0.5) is 5.95 Å². The molecular weight excluding hydrogens is 214 g/mol. The number of aryl methyl sites for hydroxylation is 1. The zero-order chi connectivity index (χ0) is 12.4. The summed E-state index contributed by atoms with van der Waals surface area (Å²) in [5.41, 5.74) is 9.15. The van der Waals surface area contributed by atoms with E-state index in [1.807, 2.05) is 43.5 Å². The van der Waals surface area contributed by atoms with E-state index in [1.165, 1.54) is 0 Å². The van der Waals surface area contributed by atoms with Crippen molar-refractivity contribution in [1.29, 1.82) is 0 Å². The minimum atomic E-state index is 0.243. The molecule has 1 aromatic heterocycles. The summed E-state index contributed by atoms with van der Waals surface area (Å²) in [5, 5.41) is 0. The van der Waals surface area contributed by atoms with Gasteiger partial charge >= 0.3 is 0 Å². The minimum Gasteiger partial charge on any atom is -0.377 e. The van der Waals surface area contributed by atoms with Crippen LogP contribution in [0.15, 0.2) is 18.2 Å². The van der Waals surface area contributed by atoms with Crippen LogP contribution in [0.2, 0.25) is 0 Å². The molecule has 0 fully saturated rings. The quantitative estimate of drug-likeness (QED) is 0.882. The van der Waals surface area contributed by atoms with Crippen LogP contribution in [0.5, 0.6) is 0 Å². The van der Waals surface area contributed by atoms with E-state index < -0.39 is 0 Å². The number of imidazole rings is 1. The SMILES string of the molecule is Cc1cccc2c1nc(N)n2CCOC(C)C. The molecule has 0 aliphatic heterocycles. The largest absolute Gasteiger partial charge is 0.377 e. The molecule has 1 heterocycles. The molecule has 0 bridgehead atoms. The third-order valence-corrected chi connectivity index (χ3v) is 2.78. The summed E-state index contributed by atoms with van der Waals surface area (Å²) >= 11 is 0. The first-order valence-electron chi connectivity index (χ1n) is 5.92. The van der Waals surface area contributed by atoms with Crippen LogP contribution in [0.1, 0.15) is 19.4 Å². The average molecular weight is 233 g/mol. The lowest BCUT2D eigenvalue weighted by Gasteiger charge is -2.09. The van der Waals surface area contributed by atoms with Crippen molar-refractivity contribution in [2.75, 3.05) is 12.3 Å². The first-order chi connectivity index (χ1) is 8.09. The van der Waals surface area contributed by atoms with Crippen LogP contribution in [-0.2, 0) is 11.3 Å². The summed E-state index contributed by atoms with van der Waals surface area (Å²) in [6, 6.07) is 6.11. The van der Waals surface area contributed by atoms with E-state index >= 15 is 0 Å². The normalized spacial score (nSPS) is 11.5. The number of nitrogen functional groups attached to an aromatic ring is 1. The standard InChI is InChI=1S/C13H19N3O/c1-9(2)17-8-7-16-11-6-4-5-10(3)12(11)15-13(16)14/h4-6,9H,7-8H2,1-3H3,(H2,14,15). The van der Waals surface area contributed by atoms with E-state index in [9.17, 15) is 0 Å². The van der Waals surface area contributed by atoms with E-state index in [2.05, 4.69) is 4.98 Å². The zero-order valence-corrected chi connectivity index (χ0v) is 10.6. The Bertz CT molecular complexity index is 517. The molecule has 92 valence electrons. The van der Waals surface area contributed by atoms with Crippen molar-refractivity contribution < 1.29 is 4.74 Å². The van der Waals surface area contributed by atoms with Gasteiger partial charge in [0.25, 0.3) is 0 Å². The molecule has 0 saturated heterocycles. The van der Waals surface area contributed by atoms with E-state index in [0.717, 1.165) is 23.1 Å². The maximum absolute atomic E-state index is 5.94. The van der Waals surface area contributed by atoms with E-state index in [-0.39, 0.29) is 6.10 Å². The second kappa shape index (κ2) is 4.75. The number of benzene rings is 1. The number of hydrogen-bond donors (Lipinski definition) is 1. The van der Waals surface area contributed by atoms with Crippen molar-refractivity contribution in [3.8, 4) is 0 Å². The highest BCUT2D eigenvalue weighted by molar-refractivity contribution is 5.81. The maximum Gasteiger partial charge on any atom is 0.201 e. The number of hydrogen-bond acceptors (Lipinski definition) is 3. The summed E-state index contributed by atoms with van der Waals surface area (Å²) in [7, 11) is 0. The van der Waals surface area contributed by atoms with Gasteiger partial charge in [-0.15, -0.1) is 0 Å². The van der Waals surface area contributed by atoms with Crippen LogP contribution in [0, 0.1) is 6.92 Å². The van der Waals surface area contributed by atoms with Crippen molar-refractivity contribution in [1.82, 2.24) is 9.55 Å². The number of para-hydroxylation sites is 1. The molecular formula is C13H19N3O. The van der Waals surface area contributed by atoms with E-state index in [0.29, 0.717) is 12.6 Å². The lowest BCUT2D eigenvalue weighted by molar-refractivity contribution is 0.0735. The Morgan fingerprint density at radius 2 is 2.18 bits per heavy atom. The van der Waals surface area contributed by atoms with Crippen LogP contribution in [0.25, 0.3) is 11.0 Å². The van der Waals surface area contributed by atoms with Gasteiger partial charge in [0.05, 0.1) is 23.7 Å². The molecule has 0 radical (unpaired) electrons. The van der Waals surface area contributed by atoms with Crippen LogP contribution < -0.4 is 5.73 Å². The van der Waals surface area contributed by atoms with Crippen LogP contribution in [0.3, 0.4) is 0 Å². The first kappa shape index (κ1) is 11.9. The Morgan fingerprint density at radius 1 is 1.41 bits per heavy atom. The van der Waals surface area contributed by atoms with Gasteiger partial charge in [-0.2, -0.15) is 0 Å². The molecule has 0 spiro atoms. The lowest BCUT2D eigenvalue weighted by Crippen LogP contribution is -2.12. The summed E-state index contributed by atoms with van der Waals surface area (Å²) < 4.78 is 7.55. The number of rotatable bonds is 4. The predicted molar refractivity (Wildman–Crippen MR) is 70.0 cm³/mol. The van der Waals surface area contributed by atoms with Gasteiger partial charge < -0.3 is 15.0 Å². The van der Waals surface area contributed by atoms with Gasteiger partial charge in [-0.25, -0.2) is 4.98 Å². The molecule has 2 N–H and O–H groups in total. The molecule has 0 aliphatic rings. The lowest BCUT2D eigenvalue weighted by atomic mass is 10.2. The molecule has 1 aromatic carbocycles. The predicted octanol–water partition coefficient (Wildman–Crippen LogP) is 2.35. The van der Waals surface area contributed by atoms with Gasteiger partial charge in [-0.3, -0.25) is 0 Å². The highest BCUT2D eigenvalue weighted by atomic mass is 16.5. The molecule has 0 unspecified atom stereocenters. The van der Waals surface area contributed by atoms with Crippen molar-refractivity contribution in [3.63, 3.8) is 0 Å². The second-order valence-electron chi connectivity index (χ2n) is 4.48. The van der Waals surface area contributed by atoms with Gasteiger partial charge in [0, 0.05) is 6.54 Å². The van der Waals surface area contributed by atoms with Crippen LogP contribution >= 0.6 is 0 Å². The number of fused-ring (bicyclic) bond motifs is 1. The molecule has 0 amide bonds. The molecule has 0 saturated carbocycles. The fourth-order valence-electron chi connectivity index (χ4n) is 1.92. The molecule has 4 heteroatoms. The first-order valence-corrected chi connectivity index (χ1v) is 5.92. The van der Waals surface area contributed by atoms with Gasteiger partial charge in [0.1, 0.15) is 0 Å². The Balaban J connectivity index is 2.27. The van der Waals surface area contributed by atoms with Crippen LogP contribution in [-0.4, -0.2) is 22.3 Å². The third-order valence-electron chi connectivity index (χ3n) is 2.78. The molecule has 2 rings (SSSR count). The van der Waals surface area contributed by atoms with Gasteiger partial charge in [0.15, 0.2) is 0 Å². The second-order valence-corrected chi connectivity index (χ2v) is 4.48. The fraction of sp³-hybridized carbons (Fsp3) is 0.462. The van der Waals surface area contributed by atoms with Crippen molar-refractivity contribution in [2.24, 2.45) is 0 Å². The summed E-state index contributed by atoms with van der Waals surface area (Å²) in [6.45, 7) is 7.49. The Labute approximate surface area is 101 Å². The molecule has 2 aromatic rings. The minimum absolute atomic E-state index is 0.243. The Kier molecular flexibility index (Phi) is 3.33. The Morgan fingerprint density at radius 3 is 2.88 bits per heavy atom.